The molecule has 3 aromatic rings. The molecule has 30 heavy (non-hydrogen) atoms. The molecule has 2 N–H and O–H groups in total. The third-order valence-electron chi connectivity index (χ3n) is 5.68. The van der Waals surface area contributed by atoms with Gasteiger partial charge in [0.2, 0.25) is 0 Å². The Balaban J connectivity index is 1.34. The van der Waals surface area contributed by atoms with Crippen LogP contribution in [0.3, 0.4) is 0 Å². The lowest BCUT2D eigenvalue weighted by atomic mass is 10.1. The molecule has 0 bridgehead atoms. The highest BCUT2D eigenvalue weighted by Gasteiger charge is 2.15. The lowest BCUT2D eigenvalue weighted by Crippen LogP contribution is -2.44. The van der Waals surface area contributed by atoms with E-state index in [-0.39, 0.29) is 0 Å². The average molecular weight is 407 g/mol. The van der Waals surface area contributed by atoms with Gasteiger partial charge in [0.25, 0.3) is 0 Å². The van der Waals surface area contributed by atoms with Crippen LogP contribution < -0.4 is 15.5 Å². The molecular formula is C23H30N6O. The number of guanidine groups is 1. The fraction of sp³-hybridized carbons (Fsp3) is 0.391. The van der Waals surface area contributed by atoms with Gasteiger partial charge in [-0.05, 0) is 37.7 Å². The maximum atomic E-state index is 5.98. The van der Waals surface area contributed by atoms with Crippen LogP contribution in [0.4, 0.5) is 5.82 Å². The summed E-state index contributed by atoms with van der Waals surface area (Å²) in [5.41, 5.74) is 3.27. The summed E-state index contributed by atoms with van der Waals surface area (Å²) in [6.07, 6.45) is 1.89. The Hall–Kier alpha value is -3.06. The summed E-state index contributed by atoms with van der Waals surface area (Å²) < 4.78 is 5.98. The quantitative estimate of drug-likeness (QED) is 0.502. The predicted octanol–water partition coefficient (Wildman–Crippen LogP) is 2.75. The van der Waals surface area contributed by atoms with Gasteiger partial charge in [-0.2, -0.15) is 0 Å². The zero-order chi connectivity index (χ0) is 20.9. The van der Waals surface area contributed by atoms with Crippen LogP contribution in [0.1, 0.15) is 16.9 Å². The van der Waals surface area contributed by atoms with Gasteiger partial charge in [-0.1, -0.05) is 18.2 Å². The molecule has 1 fully saturated rings. The summed E-state index contributed by atoms with van der Waals surface area (Å²) in [5.74, 6) is 2.72. The molecule has 7 heteroatoms. The van der Waals surface area contributed by atoms with Crippen LogP contribution in [-0.4, -0.2) is 56.1 Å². The van der Waals surface area contributed by atoms with Gasteiger partial charge in [0, 0.05) is 56.9 Å². The van der Waals surface area contributed by atoms with E-state index >= 15 is 0 Å². The van der Waals surface area contributed by atoms with Crippen LogP contribution in [0.5, 0.6) is 0 Å². The monoisotopic (exact) mass is 406 g/mol. The lowest BCUT2D eigenvalue weighted by Gasteiger charge is -2.33. The highest BCUT2D eigenvalue weighted by Crippen LogP contribution is 2.24. The zero-order valence-electron chi connectivity index (χ0n) is 18.0. The van der Waals surface area contributed by atoms with Gasteiger partial charge < -0.3 is 24.9 Å². The predicted molar refractivity (Wildman–Crippen MR) is 122 cm³/mol. The van der Waals surface area contributed by atoms with Crippen molar-refractivity contribution in [2.45, 2.75) is 20.0 Å². The summed E-state index contributed by atoms with van der Waals surface area (Å²) in [6.45, 7) is 7.53. The summed E-state index contributed by atoms with van der Waals surface area (Å²) in [6, 6.07) is 12.3. The Morgan fingerprint density at radius 1 is 1.10 bits per heavy atom. The molecule has 0 spiro atoms. The molecule has 0 unspecified atom stereocenters. The highest BCUT2D eigenvalue weighted by molar-refractivity contribution is 5.83. The minimum Gasteiger partial charge on any atom is -0.459 e. The second-order valence-electron chi connectivity index (χ2n) is 7.74. The van der Waals surface area contributed by atoms with E-state index in [4.69, 9.17) is 4.42 Å². The third-order valence-corrected chi connectivity index (χ3v) is 5.68. The van der Waals surface area contributed by atoms with Gasteiger partial charge in [-0.25, -0.2) is 4.98 Å². The topological polar surface area (TPSA) is 68.9 Å². The molecule has 2 aromatic heterocycles. The molecule has 1 saturated heterocycles. The molecule has 0 radical (unpaired) electrons. The lowest BCUT2D eigenvalue weighted by molar-refractivity contribution is 0.312. The number of furan rings is 1. The fourth-order valence-electron chi connectivity index (χ4n) is 3.74. The van der Waals surface area contributed by atoms with Crippen LogP contribution in [0, 0.1) is 6.92 Å². The van der Waals surface area contributed by atoms with E-state index < -0.39 is 0 Å². The molecular weight excluding hydrogens is 376 g/mol. The maximum Gasteiger partial charge on any atom is 0.191 e. The smallest absolute Gasteiger partial charge is 0.191 e. The molecule has 1 aliphatic heterocycles. The molecule has 158 valence electrons. The number of fused-ring (bicyclic) bond motifs is 1. The number of anilines is 1. The van der Waals surface area contributed by atoms with Crippen LogP contribution in [0.2, 0.25) is 0 Å². The Bertz CT molecular complexity index is 1020. The Kier molecular flexibility index (Phi) is 6.18. The normalized spacial score (nSPS) is 15.6. The number of nitrogens with one attached hydrogen (secondary N) is 2. The van der Waals surface area contributed by atoms with Crippen molar-refractivity contribution in [2.24, 2.45) is 4.99 Å². The zero-order valence-corrected chi connectivity index (χ0v) is 18.0. The molecule has 1 aliphatic rings. The number of piperazine rings is 1. The highest BCUT2D eigenvalue weighted by atomic mass is 16.3. The second kappa shape index (κ2) is 9.17. The number of hydrogen-bond acceptors (Lipinski definition) is 5. The van der Waals surface area contributed by atoms with Gasteiger partial charge in [-0.15, -0.1) is 0 Å². The number of likely N-dealkylation sites (N-methyl/N-ethyl adjacent to an activating group) is 1. The maximum absolute atomic E-state index is 5.98. The van der Waals surface area contributed by atoms with Gasteiger partial charge in [0.05, 0.1) is 6.54 Å². The van der Waals surface area contributed by atoms with Crippen molar-refractivity contribution < 1.29 is 4.42 Å². The number of nitrogens with zero attached hydrogens (tertiary/aromatic N) is 4. The molecule has 7 nitrogen and oxygen atoms in total. The van der Waals surface area contributed by atoms with Gasteiger partial charge in [0.1, 0.15) is 17.2 Å². The van der Waals surface area contributed by atoms with Crippen molar-refractivity contribution in [3.05, 3.63) is 59.5 Å². The number of aryl methyl sites for hydroxylation is 1. The standard InChI is InChI=1S/C23H30N6O/c1-17-19-6-4-5-7-20(19)30-21(17)16-27-23(24-2)26-15-18-8-9-25-22(14-18)29-12-10-28(3)11-13-29/h4-9,14H,10-13,15-16H2,1-3H3,(H2,24,26,27). The van der Waals surface area contributed by atoms with E-state index in [0.717, 1.165) is 54.7 Å². The van der Waals surface area contributed by atoms with E-state index in [1.807, 2.05) is 30.5 Å². The number of hydrogen-bond donors (Lipinski definition) is 2. The van der Waals surface area contributed by atoms with Crippen molar-refractivity contribution in [2.75, 3.05) is 45.2 Å². The fourth-order valence-corrected chi connectivity index (χ4v) is 3.74. The van der Waals surface area contributed by atoms with E-state index in [0.29, 0.717) is 13.1 Å². The number of aromatic nitrogens is 1. The first-order valence-electron chi connectivity index (χ1n) is 10.4. The minimum atomic E-state index is 0.586. The Morgan fingerprint density at radius 3 is 2.63 bits per heavy atom. The number of aliphatic imine (C=N–C) groups is 1. The van der Waals surface area contributed by atoms with E-state index in [1.165, 1.54) is 11.1 Å². The molecule has 0 aliphatic carbocycles. The van der Waals surface area contributed by atoms with Crippen LogP contribution in [0.25, 0.3) is 11.0 Å². The van der Waals surface area contributed by atoms with Crippen molar-refractivity contribution >= 4 is 22.7 Å². The summed E-state index contributed by atoms with van der Waals surface area (Å²) in [5, 5.41) is 7.90. The Labute approximate surface area is 177 Å². The molecule has 3 heterocycles. The first kappa shape index (κ1) is 20.2. The Morgan fingerprint density at radius 2 is 1.87 bits per heavy atom. The number of pyridine rings is 1. The van der Waals surface area contributed by atoms with Crippen molar-refractivity contribution in [3.8, 4) is 0 Å². The minimum absolute atomic E-state index is 0.586. The van der Waals surface area contributed by atoms with Gasteiger partial charge in [0.15, 0.2) is 5.96 Å². The van der Waals surface area contributed by atoms with E-state index in [2.05, 4.69) is 56.5 Å². The van der Waals surface area contributed by atoms with Crippen LogP contribution in [0.15, 0.2) is 52.0 Å². The van der Waals surface area contributed by atoms with Crippen LogP contribution >= 0.6 is 0 Å². The molecule has 0 amide bonds. The second-order valence-corrected chi connectivity index (χ2v) is 7.74. The summed E-state index contributed by atoms with van der Waals surface area (Å²) in [4.78, 5) is 13.6. The third kappa shape index (κ3) is 4.57. The average Bonchev–Trinajstić information content (AvgIpc) is 3.10. The summed E-state index contributed by atoms with van der Waals surface area (Å²) >= 11 is 0. The van der Waals surface area contributed by atoms with Crippen molar-refractivity contribution in [1.29, 1.82) is 0 Å². The first-order valence-corrected chi connectivity index (χ1v) is 10.4. The molecule has 4 rings (SSSR count). The van der Waals surface area contributed by atoms with Gasteiger partial charge >= 0.3 is 0 Å². The summed E-state index contributed by atoms with van der Waals surface area (Å²) in [7, 11) is 3.94. The van der Waals surface area contributed by atoms with Crippen molar-refractivity contribution in [3.63, 3.8) is 0 Å². The SMILES string of the molecule is CN=C(NCc1ccnc(N2CCN(C)CC2)c1)NCc1oc2ccccc2c1C. The first-order chi connectivity index (χ1) is 14.6. The molecule has 0 saturated carbocycles. The van der Waals surface area contributed by atoms with E-state index in [9.17, 15) is 0 Å². The van der Waals surface area contributed by atoms with Crippen molar-refractivity contribution in [1.82, 2.24) is 20.5 Å². The number of rotatable bonds is 5. The molecule has 1 aromatic carbocycles. The largest absolute Gasteiger partial charge is 0.459 e. The number of benzene rings is 1. The number of para-hydroxylation sites is 1. The van der Waals surface area contributed by atoms with E-state index in [1.54, 1.807) is 7.05 Å². The van der Waals surface area contributed by atoms with Crippen LogP contribution in [-0.2, 0) is 13.1 Å². The molecule has 0 atom stereocenters. The van der Waals surface area contributed by atoms with Gasteiger partial charge in [-0.3, -0.25) is 4.99 Å².